The van der Waals surface area contributed by atoms with Gasteiger partial charge in [-0.25, -0.2) is 4.79 Å². The van der Waals surface area contributed by atoms with E-state index in [0.717, 1.165) is 11.1 Å². The summed E-state index contributed by atoms with van der Waals surface area (Å²) in [6.07, 6.45) is -4.16. The Hall–Kier alpha value is -3.37. The molecule has 2 aliphatic rings. The third-order valence-electron chi connectivity index (χ3n) is 7.28. The van der Waals surface area contributed by atoms with Crippen molar-refractivity contribution in [2.75, 3.05) is 20.2 Å². The average Bonchev–Trinajstić information content (AvgIpc) is 3.31. The topological polar surface area (TPSA) is 135 Å². The van der Waals surface area contributed by atoms with E-state index in [1.807, 2.05) is 60.7 Å². The number of ether oxygens (including phenoxy) is 7. The molecule has 0 spiro atoms. The summed E-state index contributed by atoms with van der Waals surface area (Å²) in [5.41, 5.74) is -0.408. The van der Waals surface area contributed by atoms with Crippen LogP contribution < -0.4 is 5.32 Å². The number of rotatable bonds is 13. The maximum Gasteiger partial charge on any atom is 0.408 e. The van der Waals surface area contributed by atoms with Gasteiger partial charge in [-0.05, 0) is 52.2 Å². The molecule has 44 heavy (non-hydrogen) atoms. The number of hydrogen-bond donors (Lipinski definition) is 1. The molecule has 11 heteroatoms. The highest BCUT2D eigenvalue weighted by Crippen LogP contribution is 2.46. The van der Waals surface area contributed by atoms with Crippen molar-refractivity contribution in [3.05, 3.63) is 71.8 Å². The molecule has 1 saturated heterocycles. The minimum atomic E-state index is -1.49. The van der Waals surface area contributed by atoms with Gasteiger partial charge in [-0.15, -0.1) is 0 Å². The van der Waals surface area contributed by atoms with Gasteiger partial charge in [0.05, 0.1) is 31.4 Å². The van der Waals surface area contributed by atoms with Crippen molar-refractivity contribution in [3.8, 4) is 6.07 Å². The molecule has 5 atom stereocenters. The van der Waals surface area contributed by atoms with Crippen molar-refractivity contribution < 1.29 is 42.7 Å². The molecule has 2 aromatic carbocycles. The van der Waals surface area contributed by atoms with Gasteiger partial charge >= 0.3 is 6.09 Å². The Morgan fingerprint density at radius 3 is 2.09 bits per heavy atom. The number of benzene rings is 2. The van der Waals surface area contributed by atoms with E-state index in [2.05, 4.69) is 11.4 Å². The average molecular weight is 611 g/mol. The molecule has 1 saturated carbocycles. The Morgan fingerprint density at radius 1 is 0.932 bits per heavy atom. The fraction of sp³-hybridized carbons (Fsp3) is 0.545. The zero-order valence-corrected chi connectivity index (χ0v) is 25.9. The summed E-state index contributed by atoms with van der Waals surface area (Å²) in [5, 5.41) is 13.4. The maximum absolute atomic E-state index is 13.7. The highest BCUT2D eigenvalue weighted by atomic mass is 16.8. The van der Waals surface area contributed by atoms with Crippen molar-refractivity contribution in [1.29, 1.82) is 5.26 Å². The molecule has 11 nitrogen and oxygen atoms in total. The lowest BCUT2D eigenvalue weighted by Gasteiger charge is -2.48. The number of nitriles is 1. The molecule has 1 amide bonds. The van der Waals surface area contributed by atoms with Crippen LogP contribution in [0.15, 0.2) is 60.7 Å². The van der Waals surface area contributed by atoms with Gasteiger partial charge in [-0.3, -0.25) is 4.79 Å². The zero-order valence-electron chi connectivity index (χ0n) is 25.9. The van der Waals surface area contributed by atoms with Crippen molar-refractivity contribution >= 4 is 11.9 Å². The van der Waals surface area contributed by atoms with Crippen molar-refractivity contribution in [2.24, 2.45) is 5.92 Å². The van der Waals surface area contributed by atoms with Crippen LogP contribution in [0, 0.1) is 17.2 Å². The number of hydrogen-bond acceptors (Lipinski definition) is 10. The molecule has 1 aliphatic carbocycles. The van der Waals surface area contributed by atoms with E-state index < -0.39 is 53.0 Å². The molecule has 1 heterocycles. The Labute approximate surface area is 258 Å². The van der Waals surface area contributed by atoms with E-state index >= 15 is 0 Å². The van der Waals surface area contributed by atoms with Crippen LogP contribution in [0.4, 0.5) is 4.79 Å². The predicted molar refractivity (Wildman–Crippen MR) is 158 cm³/mol. The molecular weight excluding hydrogens is 568 g/mol. The van der Waals surface area contributed by atoms with Gasteiger partial charge < -0.3 is 38.5 Å². The Morgan fingerprint density at radius 2 is 1.52 bits per heavy atom. The van der Waals surface area contributed by atoms with Crippen LogP contribution in [0.2, 0.25) is 0 Å². The Kier molecular flexibility index (Phi) is 11.1. The summed E-state index contributed by atoms with van der Waals surface area (Å²) in [4.78, 5) is 27.0. The van der Waals surface area contributed by atoms with Crippen LogP contribution >= 0.6 is 0 Å². The van der Waals surface area contributed by atoms with Crippen molar-refractivity contribution in [1.82, 2.24) is 5.32 Å². The molecule has 1 N–H and O–H groups in total. The summed E-state index contributed by atoms with van der Waals surface area (Å²) < 4.78 is 40.9. The number of nitrogens with zero attached hydrogens (tertiary/aromatic N) is 1. The van der Waals surface area contributed by atoms with Crippen LogP contribution in [0.1, 0.15) is 52.2 Å². The molecule has 1 aliphatic heterocycles. The SMILES string of the molecule is CC(C)(C)OC(=O)N[C@@]1(CCOCOCc2ccccc2)[C@@H]2OC(C)(C)O[C@@H]2C(=O)[C@H](OCOCc2ccccc2)[C@@H]1C#N. The molecule has 2 fully saturated rings. The van der Waals surface area contributed by atoms with E-state index in [0.29, 0.717) is 6.61 Å². The van der Waals surface area contributed by atoms with Gasteiger partial charge in [0.2, 0.25) is 0 Å². The lowest BCUT2D eigenvalue weighted by Crippen LogP contribution is -2.72. The lowest BCUT2D eigenvalue weighted by atomic mass is 9.66. The number of Topliss-reactive ketones (excluding diaryl/α,β-unsaturated/α-hetero) is 1. The van der Waals surface area contributed by atoms with Gasteiger partial charge in [-0.1, -0.05) is 60.7 Å². The summed E-state index contributed by atoms with van der Waals surface area (Å²) in [7, 11) is 0. The lowest BCUT2D eigenvalue weighted by molar-refractivity contribution is -0.174. The van der Waals surface area contributed by atoms with E-state index in [-0.39, 0.29) is 33.2 Å². The highest BCUT2D eigenvalue weighted by Gasteiger charge is 2.66. The summed E-state index contributed by atoms with van der Waals surface area (Å²) in [6.45, 7) is 8.90. The van der Waals surface area contributed by atoms with Crippen LogP contribution in [-0.4, -0.2) is 67.3 Å². The van der Waals surface area contributed by atoms with E-state index in [1.54, 1.807) is 34.6 Å². The van der Waals surface area contributed by atoms with Crippen molar-refractivity contribution in [2.45, 2.75) is 89.5 Å². The van der Waals surface area contributed by atoms with E-state index in [4.69, 9.17) is 33.2 Å². The first kappa shape index (κ1) is 33.5. The smallest absolute Gasteiger partial charge is 0.408 e. The summed E-state index contributed by atoms with van der Waals surface area (Å²) >= 11 is 0. The van der Waals surface area contributed by atoms with Gasteiger partial charge in [0.15, 0.2) is 17.7 Å². The van der Waals surface area contributed by atoms with Gasteiger partial charge in [0.25, 0.3) is 0 Å². The second-order valence-corrected chi connectivity index (χ2v) is 12.3. The van der Waals surface area contributed by atoms with Crippen LogP contribution in [0.5, 0.6) is 0 Å². The number of carbonyl (C=O) groups is 2. The number of fused-ring (bicyclic) bond motifs is 1. The highest BCUT2D eigenvalue weighted by molar-refractivity contribution is 5.91. The second-order valence-electron chi connectivity index (χ2n) is 12.3. The largest absolute Gasteiger partial charge is 0.444 e. The fourth-order valence-corrected chi connectivity index (χ4v) is 5.43. The van der Waals surface area contributed by atoms with Crippen LogP contribution in [0.3, 0.4) is 0 Å². The number of alkyl carbamates (subject to hydrolysis) is 1. The van der Waals surface area contributed by atoms with Gasteiger partial charge in [0, 0.05) is 0 Å². The molecule has 238 valence electrons. The fourth-order valence-electron chi connectivity index (χ4n) is 5.43. The first-order chi connectivity index (χ1) is 20.9. The molecule has 0 bridgehead atoms. The summed E-state index contributed by atoms with van der Waals surface area (Å²) in [6, 6.07) is 21.4. The van der Waals surface area contributed by atoms with E-state index in [9.17, 15) is 14.9 Å². The van der Waals surface area contributed by atoms with Crippen LogP contribution in [0.25, 0.3) is 0 Å². The number of amides is 1. The molecule has 0 aromatic heterocycles. The molecule has 0 unspecified atom stereocenters. The quantitative estimate of drug-likeness (QED) is 0.253. The number of carbonyl (C=O) groups excluding carboxylic acids is 2. The monoisotopic (exact) mass is 610 g/mol. The molecule has 4 rings (SSSR count). The second kappa shape index (κ2) is 14.6. The normalized spacial score (nSPS) is 26.0. The van der Waals surface area contributed by atoms with Crippen molar-refractivity contribution in [3.63, 3.8) is 0 Å². The minimum absolute atomic E-state index is 0.0300. The van der Waals surface area contributed by atoms with E-state index in [1.165, 1.54) is 0 Å². The molecule has 2 aromatic rings. The standard InChI is InChI=1S/C33H42N2O9/c1-31(2,3)44-30(37)35-33(16-17-38-21-39-19-23-12-8-6-9-13-23)25(18-34)27(26(36)28-29(33)43-32(4,5)42-28)41-22-40-20-24-14-10-7-11-15-24/h6-15,25,27-29H,16-17,19-22H2,1-5H3,(H,35,37)/t25-,27+,28+,29+,33+/m0/s1. The van der Waals surface area contributed by atoms with Gasteiger partial charge in [-0.2, -0.15) is 5.26 Å². The first-order valence-corrected chi connectivity index (χ1v) is 14.7. The zero-order chi connectivity index (χ0) is 31.8. The summed E-state index contributed by atoms with van der Waals surface area (Å²) in [5.74, 6) is -2.84. The third kappa shape index (κ3) is 8.63. The minimum Gasteiger partial charge on any atom is -0.444 e. The maximum atomic E-state index is 13.7. The van der Waals surface area contributed by atoms with Gasteiger partial charge in [0.1, 0.15) is 37.3 Å². The Balaban J connectivity index is 1.54. The first-order valence-electron chi connectivity index (χ1n) is 14.7. The predicted octanol–water partition coefficient (Wildman–Crippen LogP) is 4.63. The molecular formula is C33H42N2O9. The number of nitrogens with one attached hydrogen (secondary N) is 1. The third-order valence-corrected chi connectivity index (χ3v) is 7.28. The van der Waals surface area contributed by atoms with Crippen LogP contribution in [-0.2, 0) is 51.2 Å². The Bertz CT molecular complexity index is 1280. The molecule has 0 radical (unpaired) electrons. The number of ketones is 1.